The Morgan fingerprint density at radius 3 is 2.55 bits per heavy atom. The van der Waals surface area contributed by atoms with Crippen LogP contribution in [0.5, 0.6) is 0 Å². The molecule has 0 aliphatic carbocycles. The monoisotopic (exact) mass is 280 g/mol. The third-order valence-electron chi connectivity index (χ3n) is 3.13. The van der Waals surface area contributed by atoms with Gasteiger partial charge in [-0.15, -0.1) is 0 Å². The van der Waals surface area contributed by atoms with Crippen LogP contribution >= 0.6 is 0 Å². The average Bonchev–Trinajstić information content (AvgIpc) is 2.49. The Bertz CT molecular complexity index is 380. The first-order valence-corrected chi connectivity index (χ1v) is 6.74. The highest BCUT2D eigenvalue weighted by molar-refractivity contribution is 5.76. The van der Waals surface area contributed by atoms with Gasteiger partial charge in [-0.3, -0.25) is 4.79 Å². The van der Waals surface area contributed by atoms with Gasteiger partial charge in [0.1, 0.15) is 0 Å². The summed E-state index contributed by atoms with van der Waals surface area (Å²) < 4.78 is 10.2. The molecule has 5 nitrogen and oxygen atoms in total. The molecule has 0 saturated carbocycles. The van der Waals surface area contributed by atoms with Crippen LogP contribution in [-0.4, -0.2) is 50.8 Å². The van der Waals surface area contributed by atoms with Gasteiger partial charge in [-0.2, -0.15) is 0 Å². The summed E-state index contributed by atoms with van der Waals surface area (Å²) >= 11 is 0. The van der Waals surface area contributed by atoms with E-state index in [4.69, 9.17) is 15.2 Å². The van der Waals surface area contributed by atoms with Crippen LogP contribution in [-0.2, 0) is 20.8 Å². The smallest absolute Gasteiger partial charge is 0.225 e. The minimum absolute atomic E-state index is 0.0307. The highest BCUT2D eigenvalue weighted by Gasteiger charge is 2.18. The van der Waals surface area contributed by atoms with Crippen molar-refractivity contribution in [3.63, 3.8) is 0 Å². The second-order valence-electron chi connectivity index (χ2n) is 4.59. The molecule has 0 saturated heterocycles. The Labute approximate surface area is 120 Å². The van der Waals surface area contributed by atoms with Gasteiger partial charge in [-0.05, 0) is 5.56 Å². The Hall–Kier alpha value is -1.43. The summed E-state index contributed by atoms with van der Waals surface area (Å²) in [6, 6.07) is 9.89. The molecule has 0 fully saturated rings. The molecule has 1 amide bonds. The summed E-state index contributed by atoms with van der Waals surface area (Å²) in [5.74, 6) is 0.0307. The molecule has 112 valence electrons. The van der Waals surface area contributed by atoms with Gasteiger partial charge in [0.15, 0.2) is 0 Å². The predicted molar refractivity (Wildman–Crippen MR) is 78.2 cm³/mol. The molecule has 0 aliphatic heterocycles. The fourth-order valence-corrected chi connectivity index (χ4v) is 1.88. The first kappa shape index (κ1) is 16.6. The lowest BCUT2D eigenvalue weighted by atomic mass is 10.2. The number of benzene rings is 1. The molecule has 1 unspecified atom stereocenters. The zero-order valence-electron chi connectivity index (χ0n) is 12.2. The molecule has 0 spiro atoms. The highest BCUT2D eigenvalue weighted by atomic mass is 16.5. The molecule has 0 aromatic heterocycles. The van der Waals surface area contributed by atoms with Crippen molar-refractivity contribution < 1.29 is 14.3 Å². The maximum absolute atomic E-state index is 12.3. The maximum Gasteiger partial charge on any atom is 0.225 e. The number of methoxy groups -OCH3 is 2. The largest absolute Gasteiger partial charge is 0.383 e. The van der Waals surface area contributed by atoms with E-state index >= 15 is 0 Å². The predicted octanol–water partition coefficient (Wildman–Crippen LogP) is 1.03. The SMILES string of the molecule is COCCN(Cc1ccccc1)C(=O)CC(CN)OC. The van der Waals surface area contributed by atoms with E-state index in [0.29, 0.717) is 32.7 Å². The zero-order valence-corrected chi connectivity index (χ0v) is 12.2. The van der Waals surface area contributed by atoms with Gasteiger partial charge in [-0.1, -0.05) is 30.3 Å². The third kappa shape index (κ3) is 5.69. The molecule has 1 aromatic rings. The van der Waals surface area contributed by atoms with Crippen LogP contribution in [0, 0.1) is 0 Å². The van der Waals surface area contributed by atoms with Crippen molar-refractivity contribution in [2.24, 2.45) is 5.73 Å². The van der Waals surface area contributed by atoms with Crippen molar-refractivity contribution in [2.45, 2.75) is 19.1 Å². The number of ether oxygens (including phenoxy) is 2. The summed E-state index contributed by atoms with van der Waals surface area (Å²) in [6.45, 7) is 1.99. The number of rotatable bonds is 9. The molecule has 5 heteroatoms. The van der Waals surface area contributed by atoms with Gasteiger partial charge >= 0.3 is 0 Å². The molecule has 0 radical (unpaired) electrons. The van der Waals surface area contributed by atoms with E-state index in [-0.39, 0.29) is 12.0 Å². The summed E-state index contributed by atoms with van der Waals surface area (Å²) in [4.78, 5) is 14.1. The average molecular weight is 280 g/mol. The van der Waals surface area contributed by atoms with Crippen molar-refractivity contribution in [2.75, 3.05) is 33.9 Å². The molecule has 0 heterocycles. The second-order valence-corrected chi connectivity index (χ2v) is 4.59. The Kier molecular flexibility index (Phi) is 7.87. The molecule has 1 atom stereocenters. The van der Waals surface area contributed by atoms with Gasteiger partial charge < -0.3 is 20.1 Å². The number of nitrogens with zero attached hydrogens (tertiary/aromatic N) is 1. The zero-order chi connectivity index (χ0) is 14.8. The number of amides is 1. The second kappa shape index (κ2) is 9.47. The van der Waals surface area contributed by atoms with E-state index < -0.39 is 0 Å². The van der Waals surface area contributed by atoms with Crippen molar-refractivity contribution in [1.29, 1.82) is 0 Å². The summed E-state index contributed by atoms with van der Waals surface area (Å²) in [7, 11) is 3.20. The number of hydrogen-bond acceptors (Lipinski definition) is 4. The van der Waals surface area contributed by atoms with Crippen LogP contribution in [0.2, 0.25) is 0 Å². The van der Waals surface area contributed by atoms with Gasteiger partial charge in [-0.25, -0.2) is 0 Å². The van der Waals surface area contributed by atoms with E-state index in [2.05, 4.69) is 0 Å². The topological polar surface area (TPSA) is 64.8 Å². The number of carbonyl (C=O) groups is 1. The first-order valence-electron chi connectivity index (χ1n) is 6.74. The van der Waals surface area contributed by atoms with Gasteiger partial charge in [0, 0.05) is 33.9 Å². The third-order valence-corrected chi connectivity index (χ3v) is 3.13. The van der Waals surface area contributed by atoms with Crippen LogP contribution in [0.1, 0.15) is 12.0 Å². The van der Waals surface area contributed by atoms with Crippen molar-refractivity contribution in [3.8, 4) is 0 Å². The summed E-state index contributed by atoms with van der Waals surface area (Å²) in [5.41, 5.74) is 6.66. The number of carbonyl (C=O) groups excluding carboxylic acids is 1. The van der Waals surface area contributed by atoms with Crippen LogP contribution in [0.25, 0.3) is 0 Å². The molecule has 2 N–H and O–H groups in total. The van der Waals surface area contributed by atoms with E-state index in [1.807, 2.05) is 30.3 Å². The minimum Gasteiger partial charge on any atom is -0.383 e. The van der Waals surface area contributed by atoms with E-state index in [0.717, 1.165) is 5.56 Å². The van der Waals surface area contributed by atoms with Gasteiger partial charge in [0.25, 0.3) is 0 Å². The molecule has 0 aliphatic rings. The van der Waals surface area contributed by atoms with Crippen LogP contribution in [0.15, 0.2) is 30.3 Å². The maximum atomic E-state index is 12.3. The van der Waals surface area contributed by atoms with E-state index in [1.54, 1.807) is 19.1 Å². The number of hydrogen-bond donors (Lipinski definition) is 1. The minimum atomic E-state index is -0.233. The molecule has 1 aromatic carbocycles. The fraction of sp³-hybridized carbons (Fsp3) is 0.533. The van der Waals surface area contributed by atoms with Crippen molar-refractivity contribution in [3.05, 3.63) is 35.9 Å². The van der Waals surface area contributed by atoms with Gasteiger partial charge in [0.05, 0.1) is 19.1 Å². The molecule has 0 bridgehead atoms. The summed E-state index contributed by atoms with van der Waals surface area (Å²) in [5, 5.41) is 0. The van der Waals surface area contributed by atoms with E-state index in [9.17, 15) is 4.79 Å². The highest BCUT2D eigenvalue weighted by Crippen LogP contribution is 2.08. The lowest BCUT2D eigenvalue weighted by Crippen LogP contribution is -2.37. The van der Waals surface area contributed by atoms with Crippen LogP contribution < -0.4 is 5.73 Å². The molecule has 20 heavy (non-hydrogen) atoms. The van der Waals surface area contributed by atoms with Crippen molar-refractivity contribution in [1.82, 2.24) is 4.90 Å². The Morgan fingerprint density at radius 1 is 1.30 bits per heavy atom. The lowest BCUT2D eigenvalue weighted by Gasteiger charge is -2.24. The van der Waals surface area contributed by atoms with Gasteiger partial charge in [0.2, 0.25) is 5.91 Å². The fourth-order valence-electron chi connectivity index (χ4n) is 1.88. The lowest BCUT2D eigenvalue weighted by molar-refractivity contribution is -0.134. The molecule has 1 rings (SSSR count). The number of nitrogens with two attached hydrogens (primary N) is 1. The van der Waals surface area contributed by atoms with Crippen molar-refractivity contribution >= 4 is 5.91 Å². The standard InChI is InChI=1S/C15H24N2O3/c1-19-9-8-17(12-13-6-4-3-5-7-13)15(18)10-14(11-16)20-2/h3-7,14H,8-12,16H2,1-2H3. The van der Waals surface area contributed by atoms with Crippen LogP contribution in [0.4, 0.5) is 0 Å². The van der Waals surface area contributed by atoms with Crippen LogP contribution in [0.3, 0.4) is 0 Å². The molecular weight excluding hydrogens is 256 g/mol. The Balaban J connectivity index is 2.65. The summed E-state index contributed by atoms with van der Waals surface area (Å²) in [6.07, 6.45) is 0.0621. The normalized spacial score (nSPS) is 12.2. The quantitative estimate of drug-likeness (QED) is 0.733. The van der Waals surface area contributed by atoms with E-state index in [1.165, 1.54) is 0 Å². The first-order chi connectivity index (χ1) is 9.71. The molecular formula is C15H24N2O3. The Morgan fingerprint density at radius 2 is 2.00 bits per heavy atom.